The predicted molar refractivity (Wildman–Crippen MR) is 160 cm³/mol. The Labute approximate surface area is 252 Å². The molecule has 1 N–H and O–H groups in total. The highest BCUT2D eigenvalue weighted by atomic mass is 19.2. The van der Waals surface area contributed by atoms with Crippen LogP contribution in [0.2, 0.25) is 0 Å². The van der Waals surface area contributed by atoms with Crippen LogP contribution in [0.15, 0.2) is 30.3 Å². The van der Waals surface area contributed by atoms with Gasteiger partial charge in [0.1, 0.15) is 11.4 Å². The average Bonchev–Trinajstić information content (AvgIpc) is 3.76. The number of amides is 2. The van der Waals surface area contributed by atoms with E-state index in [-0.39, 0.29) is 49.7 Å². The van der Waals surface area contributed by atoms with Crippen molar-refractivity contribution in [3.63, 3.8) is 0 Å². The van der Waals surface area contributed by atoms with Crippen LogP contribution in [-0.4, -0.2) is 71.7 Å². The van der Waals surface area contributed by atoms with Gasteiger partial charge in [0.25, 0.3) is 11.8 Å². The summed E-state index contributed by atoms with van der Waals surface area (Å²) in [5, 5.41) is 10.1. The van der Waals surface area contributed by atoms with Crippen molar-refractivity contribution >= 4 is 17.5 Å². The average molecular weight is 596 g/mol. The lowest BCUT2D eigenvalue weighted by atomic mass is 9.87. The number of hydrogen-bond acceptors (Lipinski definition) is 5. The number of methoxy groups -OCH3 is 1. The zero-order chi connectivity index (χ0) is 30.1. The minimum absolute atomic E-state index is 0.210. The minimum atomic E-state index is -1.26. The number of aliphatic hydroxyl groups is 1. The van der Waals surface area contributed by atoms with Crippen molar-refractivity contribution in [1.82, 2.24) is 9.80 Å². The highest BCUT2D eigenvalue weighted by Gasteiger charge is 2.50. The van der Waals surface area contributed by atoms with E-state index < -0.39 is 23.1 Å². The molecule has 4 aliphatic rings. The second-order valence-electron chi connectivity index (χ2n) is 12.8. The van der Waals surface area contributed by atoms with E-state index in [0.29, 0.717) is 24.8 Å². The van der Waals surface area contributed by atoms with Gasteiger partial charge < -0.3 is 24.5 Å². The molecule has 9 heteroatoms. The van der Waals surface area contributed by atoms with Crippen LogP contribution in [0.3, 0.4) is 0 Å². The first kappa shape index (κ1) is 29.9. The maximum absolute atomic E-state index is 16.1. The molecule has 7 nitrogen and oxygen atoms in total. The molecular formula is C34H43F2N3O4. The van der Waals surface area contributed by atoms with Crippen molar-refractivity contribution in [1.29, 1.82) is 0 Å². The van der Waals surface area contributed by atoms with E-state index in [1.807, 2.05) is 6.07 Å². The summed E-state index contributed by atoms with van der Waals surface area (Å²) in [6.07, 6.45) is 11.4. The molecule has 1 saturated heterocycles. The van der Waals surface area contributed by atoms with Gasteiger partial charge in [0.05, 0.1) is 18.7 Å². The molecule has 6 rings (SSSR count). The number of benzene rings is 2. The van der Waals surface area contributed by atoms with E-state index in [1.165, 1.54) is 36.6 Å². The van der Waals surface area contributed by atoms with Crippen LogP contribution in [0.1, 0.15) is 98.2 Å². The molecule has 232 valence electrons. The molecule has 43 heavy (non-hydrogen) atoms. The fourth-order valence-corrected chi connectivity index (χ4v) is 7.28. The highest BCUT2D eigenvalue weighted by molar-refractivity contribution is 5.95. The van der Waals surface area contributed by atoms with Crippen molar-refractivity contribution < 1.29 is 28.2 Å². The molecular weight excluding hydrogens is 552 g/mol. The summed E-state index contributed by atoms with van der Waals surface area (Å²) in [5.74, 6) is -2.15. The number of halogens is 2. The van der Waals surface area contributed by atoms with Gasteiger partial charge in [-0.1, -0.05) is 44.6 Å². The maximum Gasteiger partial charge on any atom is 0.257 e. The maximum atomic E-state index is 16.1. The Balaban J connectivity index is 1.25. The largest absolute Gasteiger partial charge is 0.497 e. The SMILES string of the molecule is COc1ccc2c(c1)CCC(c1ccc(C(=O)N3CCN(C(=O)C4(O)CC4)CC3)c(F)c1F)N2C1CCCCCCCC1. The summed E-state index contributed by atoms with van der Waals surface area (Å²) in [7, 11) is 1.65. The Morgan fingerprint density at radius 2 is 1.51 bits per heavy atom. The Morgan fingerprint density at radius 3 is 2.16 bits per heavy atom. The van der Waals surface area contributed by atoms with Crippen LogP contribution in [0.5, 0.6) is 5.75 Å². The molecule has 1 atom stereocenters. The van der Waals surface area contributed by atoms with Gasteiger partial charge in [-0.3, -0.25) is 9.59 Å². The van der Waals surface area contributed by atoms with E-state index in [1.54, 1.807) is 18.1 Å². The van der Waals surface area contributed by atoms with Gasteiger partial charge in [0, 0.05) is 43.5 Å². The summed E-state index contributed by atoms with van der Waals surface area (Å²) < 4.78 is 37.3. The Kier molecular flexibility index (Phi) is 8.63. The summed E-state index contributed by atoms with van der Waals surface area (Å²) in [4.78, 5) is 31.2. The van der Waals surface area contributed by atoms with E-state index >= 15 is 8.78 Å². The molecule has 0 aromatic heterocycles. The molecule has 2 heterocycles. The quantitative estimate of drug-likeness (QED) is 0.475. The van der Waals surface area contributed by atoms with Gasteiger partial charge in [-0.05, 0) is 68.4 Å². The molecule has 2 aromatic rings. The third-order valence-electron chi connectivity index (χ3n) is 9.98. The van der Waals surface area contributed by atoms with Gasteiger partial charge >= 0.3 is 0 Å². The van der Waals surface area contributed by atoms with Crippen molar-refractivity contribution in [2.45, 2.75) is 94.7 Å². The molecule has 2 aromatic carbocycles. The van der Waals surface area contributed by atoms with Crippen molar-refractivity contribution in [3.05, 3.63) is 58.7 Å². The summed E-state index contributed by atoms with van der Waals surface area (Å²) in [6.45, 7) is 0.943. The summed E-state index contributed by atoms with van der Waals surface area (Å²) >= 11 is 0. The van der Waals surface area contributed by atoms with Crippen LogP contribution < -0.4 is 9.64 Å². The third kappa shape index (κ3) is 5.97. The Bertz CT molecular complexity index is 1350. The highest BCUT2D eigenvalue weighted by Crippen LogP contribution is 2.44. The third-order valence-corrected chi connectivity index (χ3v) is 9.98. The first-order valence-corrected chi connectivity index (χ1v) is 16.0. The first-order valence-electron chi connectivity index (χ1n) is 16.0. The van der Waals surface area contributed by atoms with Crippen molar-refractivity contribution in [2.75, 3.05) is 38.2 Å². The van der Waals surface area contributed by atoms with E-state index in [4.69, 9.17) is 4.74 Å². The number of hydrogen-bond donors (Lipinski definition) is 1. The minimum Gasteiger partial charge on any atom is -0.497 e. The second-order valence-corrected chi connectivity index (χ2v) is 12.8. The number of piperazine rings is 1. The molecule has 2 aliphatic carbocycles. The van der Waals surface area contributed by atoms with E-state index in [9.17, 15) is 14.7 Å². The monoisotopic (exact) mass is 595 g/mol. The van der Waals surface area contributed by atoms with E-state index in [0.717, 1.165) is 49.1 Å². The normalized spacial score (nSPS) is 22.7. The molecule has 2 amide bonds. The van der Waals surface area contributed by atoms with Gasteiger partial charge in [-0.25, -0.2) is 8.78 Å². The predicted octanol–water partition coefficient (Wildman–Crippen LogP) is 5.78. The number of rotatable bonds is 5. The smallest absolute Gasteiger partial charge is 0.257 e. The summed E-state index contributed by atoms with van der Waals surface area (Å²) in [5.41, 5.74) is 0.978. The van der Waals surface area contributed by atoms with Crippen molar-refractivity contribution in [3.8, 4) is 5.75 Å². The zero-order valence-corrected chi connectivity index (χ0v) is 25.1. The molecule has 0 spiro atoms. The lowest BCUT2D eigenvalue weighted by molar-refractivity contribution is -0.143. The lowest BCUT2D eigenvalue weighted by Gasteiger charge is -2.45. The number of carbonyl (C=O) groups excluding carboxylic acids is 2. The number of aryl methyl sites for hydroxylation is 1. The summed E-state index contributed by atoms with van der Waals surface area (Å²) in [6, 6.07) is 8.98. The molecule has 0 radical (unpaired) electrons. The van der Waals surface area contributed by atoms with Gasteiger partial charge in [-0.2, -0.15) is 0 Å². The fraction of sp³-hybridized carbons (Fsp3) is 0.588. The number of anilines is 1. The Morgan fingerprint density at radius 1 is 0.860 bits per heavy atom. The lowest BCUT2D eigenvalue weighted by Crippen LogP contribution is -2.53. The topological polar surface area (TPSA) is 73.3 Å². The van der Waals surface area contributed by atoms with Crippen molar-refractivity contribution in [2.24, 2.45) is 0 Å². The fourth-order valence-electron chi connectivity index (χ4n) is 7.28. The van der Waals surface area contributed by atoms with Crippen LogP contribution in [0.4, 0.5) is 14.5 Å². The van der Waals surface area contributed by atoms with Gasteiger partial charge in [-0.15, -0.1) is 0 Å². The molecule has 3 fully saturated rings. The van der Waals surface area contributed by atoms with Crippen LogP contribution >= 0.6 is 0 Å². The molecule has 1 unspecified atom stereocenters. The molecule has 2 saturated carbocycles. The number of fused-ring (bicyclic) bond motifs is 1. The number of nitrogens with zero attached hydrogens (tertiary/aromatic N) is 3. The molecule has 2 aliphatic heterocycles. The van der Waals surface area contributed by atoms with Gasteiger partial charge in [0.2, 0.25) is 0 Å². The van der Waals surface area contributed by atoms with Crippen LogP contribution in [0.25, 0.3) is 0 Å². The molecule has 0 bridgehead atoms. The van der Waals surface area contributed by atoms with Crippen LogP contribution in [0, 0.1) is 11.6 Å². The zero-order valence-electron chi connectivity index (χ0n) is 25.1. The standard InChI is InChI=1S/C34H43F2N3O4/c1-43-25-11-15-28-23(22-25)10-14-29(39(28)24-8-6-4-2-3-5-7-9-24)26-12-13-27(31(36)30(26)35)32(40)37-18-20-38(21-19-37)33(41)34(42)16-17-34/h11-13,15,22,24,29,42H,2-10,14,16-21H2,1H3. The van der Waals surface area contributed by atoms with Gasteiger partial charge in [0.15, 0.2) is 11.6 Å². The first-order chi connectivity index (χ1) is 20.8. The van der Waals surface area contributed by atoms with E-state index in [2.05, 4.69) is 17.0 Å². The number of ether oxygens (including phenoxy) is 1. The number of carbonyl (C=O) groups is 2. The second kappa shape index (κ2) is 12.4. The van der Waals surface area contributed by atoms with Crippen LogP contribution in [-0.2, 0) is 11.2 Å². The Hall–Kier alpha value is -3.20.